The Bertz CT molecular complexity index is 1200. The lowest BCUT2D eigenvalue weighted by Crippen LogP contribution is -2.73. The highest BCUT2D eigenvalue weighted by molar-refractivity contribution is 8.72. The number of carbonyl (C=O) groups is 3. The van der Waals surface area contributed by atoms with Crippen LogP contribution in [-0.2, 0) is 34.4 Å². The molecule has 2 aromatic carbocycles. The van der Waals surface area contributed by atoms with Crippen molar-refractivity contribution >= 4 is 49.0 Å². The number of hydrogen-bond donors (Lipinski definition) is 1. The number of carbonyl (C=O) groups excluding carboxylic acids is 3. The van der Waals surface area contributed by atoms with Crippen molar-refractivity contribution in [2.45, 2.75) is 35.7 Å². The Morgan fingerprint density at radius 2 is 1.79 bits per heavy atom. The van der Waals surface area contributed by atoms with Crippen LogP contribution in [0.25, 0.3) is 0 Å². The van der Waals surface area contributed by atoms with Crippen LogP contribution in [0.1, 0.15) is 12.5 Å². The topological polar surface area (TPSA) is 110 Å². The molecule has 1 aliphatic heterocycles. The molecule has 3 rings (SSSR count). The van der Waals surface area contributed by atoms with Crippen molar-refractivity contribution in [3.05, 3.63) is 77.3 Å². The van der Waals surface area contributed by atoms with Gasteiger partial charge in [0.15, 0.2) is 6.04 Å². The summed E-state index contributed by atoms with van der Waals surface area (Å²) in [5.74, 6) is -1.82. The summed E-state index contributed by atoms with van der Waals surface area (Å²) >= 11 is 5.86. The number of likely N-dealkylation sites (tertiary alicyclic amines) is 1. The van der Waals surface area contributed by atoms with Crippen molar-refractivity contribution in [2.75, 3.05) is 7.11 Å². The number of hydrogen-bond acceptors (Lipinski definition) is 7. The molecule has 180 valence electrons. The van der Waals surface area contributed by atoms with E-state index >= 15 is 0 Å². The maximum absolute atomic E-state index is 13.1. The van der Waals surface area contributed by atoms with E-state index in [9.17, 15) is 22.8 Å². The second-order valence-electron chi connectivity index (χ2n) is 7.62. The van der Waals surface area contributed by atoms with Gasteiger partial charge in [-0.05, 0) is 42.3 Å². The van der Waals surface area contributed by atoms with Gasteiger partial charge < -0.3 is 15.0 Å². The molecule has 1 fully saturated rings. The lowest BCUT2D eigenvalue weighted by Gasteiger charge is -2.49. The zero-order valence-electron chi connectivity index (χ0n) is 18.4. The first-order valence-electron chi connectivity index (χ1n) is 10.1. The Labute approximate surface area is 206 Å². The van der Waals surface area contributed by atoms with Crippen molar-refractivity contribution in [3.8, 4) is 0 Å². The third-order valence-electron chi connectivity index (χ3n) is 5.10. The van der Waals surface area contributed by atoms with E-state index in [4.69, 9.17) is 16.3 Å². The van der Waals surface area contributed by atoms with Gasteiger partial charge in [-0.25, -0.2) is 13.2 Å². The van der Waals surface area contributed by atoms with Crippen LogP contribution in [0.2, 0.25) is 5.02 Å². The van der Waals surface area contributed by atoms with Crippen molar-refractivity contribution < 1.29 is 27.5 Å². The van der Waals surface area contributed by atoms with Crippen LogP contribution in [0.3, 0.4) is 0 Å². The summed E-state index contributed by atoms with van der Waals surface area (Å²) in [6.45, 7) is 5.28. The molecule has 0 spiro atoms. The highest BCUT2D eigenvalue weighted by Gasteiger charge is 2.55. The Kier molecular flexibility index (Phi) is 8.06. The van der Waals surface area contributed by atoms with Crippen molar-refractivity contribution in [1.29, 1.82) is 0 Å². The minimum absolute atomic E-state index is 0.00680. The quantitative estimate of drug-likeness (QED) is 0.233. The van der Waals surface area contributed by atoms with Gasteiger partial charge in [-0.3, -0.25) is 9.59 Å². The number of amides is 2. The maximum Gasteiger partial charge on any atom is 0.332 e. The first-order valence-corrected chi connectivity index (χ1v) is 13.4. The van der Waals surface area contributed by atoms with E-state index in [0.29, 0.717) is 21.4 Å². The normalized spacial score (nSPS) is 18.6. The lowest BCUT2D eigenvalue weighted by molar-refractivity contribution is -0.161. The number of β-lactam (4-membered cyclic amide) rings is 1. The summed E-state index contributed by atoms with van der Waals surface area (Å²) in [6, 6.07) is 12.1. The largest absolute Gasteiger partial charge is 0.467 e. The molecule has 8 nitrogen and oxygen atoms in total. The predicted octanol–water partition coefficient (Wildman–Crippen LogP) is 2.78. The number of nitrogens with zero attached hydrogens (tertiary/aromatic N) is 1. The van der Waals surface area contributed by atoms with Gasteiger partial charge >= 0.3 is 5.97 Å². The highest BCUT2D eigenvalue weighted by Crippen LogP contribution is 2.40. The summed E-state index contributed by atoms with van der Waals surface area (Å²) in [5, 5.41) is 1.89. The van der Waals surface area contributed by atoms with Gasteiger partial charge in [-0.1, -0.05) is 48.5 Å². The van der Waals surface area contributed by atoms with Crippen molar-refractivity contribution in [3.63, 3.8) is 0 Å². The molecule has 2 amide bonds. The van der Waals surface area contributed by atoms with Gasteiger partial charge in [0.05, 0.1) is 18.4 Å². The third kappa shape index (κ3) is 5.63. The van der Waals surface area contributed by atoms with E-state index in [1.54, 1.807) is 24.3 Å². The van der Waals surface area contributed by atoms with E-state index in [2.05, 4.69) is 11.9 Å². The predicted molar refractivity (Wildman–Crippen MR) is 130 cm³/mol. The summed E-state index contributed by atoms with van der Waals surface area (Å²) in [7, 11) is -2.36. The van der Waals surface area contributed by atoms with E-state index in [-0.39, 0.29) is 11.3 Å². The molecule has 1 aliphatic rings. The van der Waals surface area contributed by atoms with Crippen LogP contribution in [0.4, 0.5) is 0 Å². The van der Waals surface area contributed by atoms with Crippen LogP contribution in [0.5, 0.6) is 0 Å². The fourth-order valence-electron chi connectivity index (χ4n) is 3.45. The molecule has 3 unspecified atom stereocenters. The first kappa shape index (κ1) is 25.8. The fourth-order valence-corrected chi connectivity index (χ4v) is 7.09. The van der Waals surface area contributed by atoms with Crippen LogP contribution in [-0.4, -0.2) is 55.7 Å². The van der Waals surface area contributed by atoms with Gasteiger partial charge in [-0.2, -0.15) is 0 Å². The number of rotatable bonds is 9. The molecule has 11 heteroatoms. The highest BCUT2D eigenvalue weighted by atomic mass is 35.5. The molecule has 0 aromatic heterocycles. The van der Waals surface area contributed by atoms with Crippen molar-refractivity contribution in [2.24, 2.45) is 0 Å². The Morgan fingerprint density at radius 3 is 2.35 bits per heavy atom. The van der Waals surface area contributed by atoms with E-state index in [1.807, 2.05) is 6.07 Å². The van der Waals surface area contributed by atoms with Crippen LogP contribution in [0, 0.1) is 0 Å². The lowest BCUT2D eigenvalue weighted by atomic mass is 9.99. The van der Waals surface area contributed by atoms with E-state index in [0.717, 1.165) is 17.6 Å². The molecule has 34 heavy (non-hydrogen) atoms. The molecule has 0 bridgehead atoms. The zero-order valence-corrected chi connectivity index (χ0v) is 20.8. The van der Waals surface area contributed by atoms with Crippen molar-refractivity contribution in [1.82, 2.24) is 10.2 Å². The van der Waals surface area contributed by atoms with Gasteiger partial charge in [0, 0.05) is 15.8 Å². The Balaban J connectivity index is 1.89. The minimum atomic E-state index is -3.98. The fraction of sp³-hybridized carbons (Fsp3) is 0.261. The van der Waals surface area contributed by atoms with Crippen LogP contribution in [0.15, 0.2) is 71.6 Å². The summed E-state index contributed by atoms with van der Waals surface area (Å²) in [4.78, 5) is 39.1. The third-order valence-corrected chi connectivity index (χ3v) is 9.08. The summed E-state index contributed by atoms with van der Waals surface area (Å²) in [6.07, 6.45) is 0.00680. The van der Waals surface area contributed by atoms with E-state index in [1.165, 1.54) is 31.2 Å². The molecule has 1 saturated heterocycles. The second-order valence-corrected chi connectivity index (χ2v) is 12.0. The molecular weight excluding hydrogens is 500 g/mol. The molecule has 0 radical (unpaired) electrons. The summed E-state index contributed by atoms with van der Waals surface area (Å²) < 4.78 is 31.0. The molecule has 0 saturated carbocycles. The molecule has 0 aliphatic carbocycles. The number of ether oxygens (including phenoxy) is 1. The van der Waals surface area contributed by atoms with Gasteiger partial charge in [0.2, 0.25) is 20.7 Å². The molecule has 1 heterocycles. The van der Waals surface area contributed by atoms with E-state index < -0.39 is 44.1 Å². The SMILES string of the molecule is C=C(C)C(C(=O)OC)N1C(=O)C(NC(=O)Cc2ccccc2)C1SS(=O)(=O)c1ccc(Cl)cc1. The van der Waals surface area contributed by atoms with Crippen LogP contribution >= 0.6 is 22.4 Å². The molecule has 1 N–H and O–H groups in total. The minimum Gasteiger partial charge on any atom is -0.467 e. The Hall–Kier alpha value is -2.82. The average Bonchev–Trinajstić information content (AvgIpc) is 2.80. The molecular formula is C23H23ClN2O6S2. The monoisotopic (exact) mass is 522 g/mol. The molecule has 3 atom stereocenters. The molecule has 2 aromatic rings. The van der Waals surface area contributed by atoms with Crippen LogP contribution < -0.4 is 5.32 Å². The number of esters is 1. The number of nitrogens with one attached hydrogen (secondary N) is 1. The average molecular weight is 523 g/mol. The van der Waals surface area contributed by atoms with Gasteiger partial charge in [0.25, 0.3) is 0 Å². The number of halogens is 1. The Morgan fingerprint density at radius 1 is 1.18 bits per heavy atom. The first-order chi connectivity index (χ1) is 16.0. The second kappa shape index (κ2) is 10.6. The summed E-state index contributed by atoms with van der Waals surface area (Å²) in [5.41, 5.74) is 1.03. The van der Waals surface area contributed by atoms with Gasteiger partial charge in [0.1, 0.15) is 11.4 Å². The zero-order chi connectivity index (χ0) is 25.0. The standard InChI is InChI=1S/C23H23ClN2O6S2/c1-14(2)20(23(29)32-3)26-21(28)19(25-18(27)13-15-7-5-4-6-8-15)22(26)33-34(30,31)17-11-9-16(24)10-12-17/h4-12,19-20,22H,1,13H2,2-3H3,(H,25,27). The number of methoxy groups -OCH3 is 1. The smallest absolute Gasteiger partial charge is 0.332 e. The maximum atomic E-state index is 13.1. The van der Waals surface area contributed by atoms with Gasteiger partial charge in [-0.15, -0.1) is 0 Å². The number of benzene rings is 2.